The first-order valence-electron chi connectivity index (χ1n) is 8.78. The van der Waals surface area contributed by atoms with Crippen molar-refractivity contribution < 1.29 is 4.79 Å². The quantitative estimate of drug-likeness (QED) is 0.819. The third-order valence-corrected chi connectivity index (χ3v) is 4.22. The summed E-state index contributed by atoms with van der Waals surface area (Å²) < 4.78 is 0. The second kappa shape index (κ2) is 7.96. The molecule has 25 heavy (non-hydrogen) atoms. The molecule has 3 rings (SSSR count). The standard InChI is InChI=1S/C19H25N5O/c1-15(2)13-20-18-12-17(16-6-4-3-5-7-16)21-19(22-18)24-10-8-23(14-25)9-11-24/h3-7,12,14-15H,8-11,13H2,1-2H3,(H,20,21,22). The lowest BCUT2D eigenvalue weighted by atomic mass is 10.1. The number of piperazine rings is 1. The van der Waals surface area contributed by atoms with Gasteiger partial charge in [-0.2, -0.15) is 4.98 Å². The molecule has 0 saturated carbocycles. The minimum atomic E-state index is 0.537. The van der Waals surface area contributed by atoms with Gasteiger partial charge in [0.05, 0.1) is 5.69 Å². The average molecular weight is 339 g/mol. The Morgan fingerprint density at radius 1 is 1.12 bits per heavy atom. The largest absolute Gasteiger partial charge is 0.370 e. The fourth-order valence-electron chi connectivity index (χ4n) is 2.76. The lowest BCUT2D eigenvalue weighted by Gasteiger charge is -2.32. The molecule has 0 bridgehead atoms. The van der Waals surface area contributed by atoms with Crippen LogP contribution in [0.2, 0.25) is 0 Å². The molecule has 1 aliphatic heterocycles. The topological polar surface area (TPSA) is 61.4 Å². The molecule has 0 radical (unpaired) electrons. The smallest absolute Gasteiger partial charge is 0.227 e. The van der Waals surface area contributed by atoms with Crippen LogP contribution in [-0.2, 0) is 4.79 Å². The van der Waals surface area contributed by atoms with Gasteiger partial charge in [-0.1, -0.05) is 44.2 Å². The van der Waals surface area contributed by atoms with Crippen molar-refractivity contribution in [3.63, 3.8) is 0 Å². The highest BCUT2D eigenvalue weighted by atomic mass is 16.1. The first kappa shape index (κ1) is 17.2. The van der Waals surface area contributed by atoms with E-state index in [4.69, 9.17) is 9.97 Å². The Balaban J connectivity index is 1.88. The van der Waals surface area contributed by atoms with Crippen LogP contribution in [0.4, 0.5) is 11.8 Å². The highest BCUT2D eigenvalue weighted by Gasteiger charge is 2.19. The number of rotatable bonds is 6. The van der Waals surface area contributed by atoms with Crippen molar-refractivity contribution in [1.29, 1.82) is 0 Å². The number of hydrogen-bond donors (Lipinski definition) is 1. The predicted octanol–water partition coefficient (Wildman–Crippen LogP) is 2.49. The molecule has 6 nitrogen and oxygen atoms in total. The van der Waals surface area contributed by atoms with Crippen molar-refractivity contribution in [2.24, 2.45) is 5.92 Å². The van der Waals surface area contributed by atoms with Crippen LogP contribution in [0.15, 0.2) is 36.4 Å². The van der Waals surface area contributed by atoms with Crippen LogP contribution in [-0.4, -0.2) is 54.0 Å². The van der Waals surface area contributed by atoms with E-state index in [1.54, 1.807) is 4.90 Å². The van der Waals surface area contributed by atoms with Crippen LogP contribution in [0.25, 0.3) is 11.3 Å². The fraction of sp³-hybridized carbons (Fsp3) is 0.421. The van der Waals surface area contributed by atoms with Crippen LogP contribution in [0, 0.1) is 5.92 Å². The Labute approximate surface area is 148 Å². The molecule has 1 saturated heterocycles. The minimum absolute atomic E-state index is 0.537. The van der Waals surface area contributed by atoms with Gasteiger partial charge in [0.25, 0.3) is 0 Å². The Morgan fingerprint density at radius 3 is 2.48 bits per heavy atom. The summed E-state index contributed by atoms with van der Waals surface area (Å²) in [5.41, 5.74) is 1.99. The molecule has 2 aromatic rings. The van der Waals surface area contributed by atoms with Gasteiger partial charge in [0.15, 0.2) is 0 Å². The summed E-state index contributed by atoms with van der Waals surface area (Å²) in [7, 11) is 0. The molecule has 2 heterocycles. The zero-order valence-corrected chi connectivity index (χ0v) is 14.9. The molecule has 0 atom stereocenters. The van der Waals surface area contributed by atoms with Gasteiger partial charge in [-0.3, -0.25) is 4.79 Å². The molecule has 132 valence electrons. The van der Waals surface area contributed by atoms with Crippen molar-refractivity contribution in [3.8, 4) is 11.3 Å². The molecule has 0 spiro atoms. The third kappa shape index (κ3) is 4.47. The van der Waals surface area contributed by atoms with E-state index in [1.165, 1.54) is 0 Å². The second-order valence-electron chi connectivity index (χ2n) is 6.71. The first-order valence-corrected chi connectivity index (χ1v) is 8.78. The molecular weight excluding hydrogens is 314 g/mol. The maximum Gasteiger partial charge on any atom is 0.227 e. The molecule has 1 aromatic carbocycles. The van der Waals surface area contributed by atoms with E-state index < -0.39 is 0 Å². The summed E-state index contributed by atoms with van der Waals surface area (Å²) in [6, 6.07) is 12.2. The second-order valence-corrected chi connectivity index (χ2v) is 6.71. The van der Waals surface area contributed by atoms with Gasteiger partial charge in [-0.25, -0.2) is 4.98 Å². The molecular formula is C19H25N5O. The van der Waals surface area contributed by atoms with Crippen molar-refractivity contribution in [2.45, 2.75) is 13.8 Å². The monoisotopic (exact) mass is 339 g/mol. The van der Waals surface area contributed by atoms with Gasteiger partial charge >= 0.3 is 0 Å². The Bertz CT molecular complexity index is 696. The fourth-order valence-corrected chi connectivity index (χ4v) is 2.76. The summed E-state index contributed by atoms with van der Waals surface area (Å²) >= 11 is 0. The Morgan fingerprint density at radius 2 is 1.84 bits per heavy atom. The van der Waals surface area contributed by atoms with E-state index in [9.17, 15) is 4.79 Å². The summed E-state index contributed by atoms with van der Waals surface area (Å²) in [5, 5.41) is 3.41. The zero-order valence-electron chi connectivity index (χ0n) is 14.9. The van der Waals surface area contributed by atoms with Crippen molar-refractivity contribution in [3.05, 3.63) is 36.4 Å². The van der Waals surface area contributed by atoms with Crippen LogP contribution < -0.4 is 10.2 Å². The van der Waals surface area contributed by atoms with Gasteiger partial charge in [0, 0.05) is 44.4 Å². The number of amides is 1. The van der Waals surface area contributed by atoms with Gasteiger partial charge in [0.2, 0.25) is 12.4 Å². The van der Waals surface area contributed by atoms with Crippen LogP contribution >= 0.6 is 0 Å². The maximum atomic E-state index is 10.9. The summed E-state index contributed by atoms with van der Waals surface area (Å²) in [5.74, 6) is 2.10. The number of benzene rings is 1. The van der Waals surface area contributed by atoms with Crippen molar-refractivity contribution in [2.75, 3.05) is 42.9 Å². The molecule has 1 aromatic heterocycles. The normalized spacial score (nSPS) is 14.7. The highest BCUT2D eigenvalue weighted by Crippen LogP contribution is 2.23. The van der Waals surface area contributed by atoms with E-state index in [0.717, 1.165) is 49.1 Å². The number of nitrogens with zero attached hydrogens (tertiary/aromatic N) is 4. The SMILES string of the molecule is CC(C)CNc1cc(-c2ccccc2)nc(N2CCN(C=O)CC2)n1. The lowest BCUT2D eigenvalue weighted by molar-refractivity contribution is -0.118. The van der Waals surface area contributed by atoms with Crippen LogP contribution in [0.1, 0.15) is 13.8 Å². The number of carbonyl (C=O) groups is 1. The average Bonchev–Trinajstić information content (AvgIpc) is 2.67. The molecule has 1 aliphatic rings. The summed E-state index contributed by atoms with van der Waals surface area (Å²) in [4.78, 5) is 24.3. The van der Waals surface area contributed by atoms with Crippen LogP contribution in [0.5, 0.6) is 0 Å². The first-order chi connectivity index (χ1) is 12.2. The van der Waals surface area contributed by atoms with Crippen molar-refractivity contribution in [1.82, 2.24) is 14.9 Å². The number of carbonyl (C=O) groups excluding carboxylic acids is 1. The number of hydrogen-bond acceptors (Lipinski definition) is 5. The zero-order chi connectivity index (χ0) is 17.6. The van der Waals surface area contributed by atoms with Crippen LogP contribution in [0.3, 0.4) is 0 Å². The number of nitrogens with one attached hydrogen (secondary N) is 1. The van der Waals surface area contributed by atoms with Gasteiger partial charge in [-0.05, 0) is 5.92 Å². The number of aromatic nitrogens is 2. The van der Waals surface area contributed by atoms with E-state index in [-0.39, 0.29) is 0 Å². The van der Waals surface area contributed by atoms with Gasteiger partial charge < -0.3 is 15.1 Å². The van der Waals surface area contributed by atoms with E-state index in [1.807, 2.05) is 24.3 Å². The molecule has 1 N–H and O–H groups in total. The summed E-state index contributed by atoms with van der Waals surface area (Å²) in [6.07, 6.45) is 0.911. The third-order valence-electron chi connectivity index (χ3n) is 4.22. The molecule has 0 aliphatic carbocycles. The van der Waals surface area contributed by atoms with Gasteiger partial charge in [0.1, 0.15) is 5.82 Å². The number of anilines is 2. The lowest BCUT2D eigenvalue weighted by Crippen LogP contribution is -2.46. The molecule has 1 fully saturated rings. The Kier molecular flexibility index (Phi) is 5.48. The molecule has 1 amide bonds. The predicted molar refractivity (Wildman–Crippen MR) is 101 cm³/mol. The Hall–Kier alpha value is -2.63. The van der Waals surface area contributed by atoms with E-state index >= 15 is 0 Å². The minimum Gasteiger partial charge on any atom is -0.370 e. The van der Waals surface area contributed by atoms with Crippen molar-refractivity contribution >= 4 is 18.2 Å². The highest BCUT2D eigenvalue weighted by molar-refractivity contribution is 5.64. The molecule has 0 unspecified atom stereocenters. The van der Waals surface area contributed by atoms with Gasteiger partial charge in [-0.15, -0.1) is 0 Å². The van der Waals surface area contributed by atoms with E-state index in [0.29, 0.717) is 19.0 Å². The molecule has 6 heteroatoms. The van der Waals surface area contributed by atoms with E-state index in [2.05, 4.69) is 36.2 Å². The summed E-state index contributed by atoms with van der Waals surface area (Å²) in [6.45, 7) is 8.12. The maximum absolute atomic E-state index is 10.9.